The SMILES string of the molecule is COc1ccc(C(CC(=O)NC(C)C23CC4CC(CC(C4)C2)C3)NC(C)=O)cc1. The van der Waals surface area contributed by atoms with Crippen LogP contribution in [0.25, 0.3) is 0 Å². The molecule has 0 saturated heterocycles. The van der Waals surface area contributed by atoms with E-state index >= 15 is 0 Å². The predicted octanol–water partition coefficient (Wildman–Crippen LogP) is 3.98. The van der Waals surface area contributed by atoms with Crippen LogP contribution in [0, 0.1) is 23.2 Å². The minimum atomic E-state index is -0.332. The third-order valence-corrected chi connectivity index (χ3v) is 7.67. The number of carbonyl (C=O) groups is 2. The first kappa shape index (κ1) is 20.2. The van der Waals surface area contributed by atoms with Crippen molar-refractivity contribution in [2.24, 2.45) is 23.2 Å². The molecule has 4 fully saturated rings. The van der Waals surface area contributed by atoms with Crippen LogP contribution in [0.5, 0.6) is 5.75 Å². The van der Waals surface area contributed by atoms with Gasteiger partial charge in [-0.3, -0.25) is 9.59 Å². The van der Waals surface area contributed by atoms with E-state index in [0.717, 1.165) is 29.1 Å². The van der Waals surface area contributed by atoms with E-state index in [0.29, 0.717) is 0 Å². The van der Waals surface area contributed by atoms with E-state index in [1.54, 1.807) is 7.11 Å². The Kier molecular flexibility index (Phi) is 5.58. The van der Waals surface area contributed by atoms with Gasteiger partial charge in [-0.1, -0.05) is 12.1 Å². The molecule has 1 aromatic carbocycles. The van der Waals surface area contributed by atoms with Gasteiger partial charge >= 0.3 is 0 Å². The van der Waals surface area contributed by atoms with Crippen LogP contribution in [-0.2, 0) is 9.59 Å². The third kappa shape index (κ3) is 4.29. The molecule has 2 amide bonds. The van der Waals surface area contributed by atoms with Gasteiger partial charge in [-0.2, -0.15) is 0 Å². The standard InChI is InChI=1S/C24H34N2O3/c1-15(24-12-17-8-18(13-24)10-19(9-17)14-24)25-23(28)11-22(26-16(2)27)20-4-6-21(29-3)7-5-20/h4-7,15,17-19,22H,8-14H2,1-3H3,(H,25,28)(H,26,27). The highest BCUT2D eigenvalue weighted by atomic mass is 16.5. The molecule has 0 spiro atoms. The summed E-state index contributed by atoms with van der Waals surface area (Å²) in [4.78, 5) is 24.7. The van der Waals surface area contributed by atoms with Crippen molar-refractivity contribution in [2.45, 2.75) is 70.9 Å². The van der Waals surface area contributed by atoms with Gasteiger partial charge in [0.05, 0.1) is 19.6 Å². The Morgan fingerprint density at radius 3 is 2.07 bits per heavy atom. The van der Waals surface area contributed by atoms with Gasteiger partial charge in [0.1, 0.15) is 5.75 Å². The molecule has 0 aromatic heterocycles. The summed E-state index contributed by atoms with van der Waals surface area (Å²) in [5, 5.41) is 6.25. The molecule has 5 rings (SSSR count). The number of hydrogen-bond acceptors (Lipinski definition) is 3. The van der Waals surface area contributed by atoms with E-state index in [-0.39, 0.29) is 35.7 Å². The molecule has 2 unspecified atom stereocenters. The Morgan fingerprint density at radius 1 is 1.03 bits per heavy atom. The topological polar surface area (TPSA) is 67.4 Å². The van der Waals surface area contributed by atoms with Crippen LogP contribution >= 0.6 is 0 Å². The summed E-state index contributed by atoms with van der Waals surface area (Å²) in [6.07, 6.45) is 8.28. The monoisotopic (exact) mass is 398 g/mol. The Bertz CT molecular complexity index is 723. The quantitative estimate of drug-likeness (QED) is 0.730. The fraction of sp³-hybridized carbons (Fsp3) is 0.667. The summed E-state index contributed by atoms with van der Waals surface area (Å²) in [5.74, 6) is 3.25. The zero-order chi connectivity index (χ0) is 20.6. The molecular weight excluding hydrogens is 364 g/mol. The molecule has 5 nitrogen and oxygen atoms in total. The fourth-order valence-corrected chi connectivity index (χ4v) is 6.68. The van der Waals surface area contributed by atoms with Crippen molar-refractivity contribution in [3.8, 4) is 5.75 Å². The molecule has 0 radical (unpaired) electrons. The van der Waals surface area contributed by atoms with Crippen LogP contribution in [0.2, 0.25) is 0 Å². The first-order valence-electron chi connectivity index (χ1n) is 11.1. The van der Waals surface area contributed by atoms with Crippen LogP contribution in [0.1, 0.15) is 70.4 Å². The van der Waals surface area contributed by atoms with Crippen molar-refractivity contribution >= 4 is 11.8 Å². The lowest BCUT2D eigenvalue weighted by Crippen LogP contribution is -2.56. The molecule has 4 saturated carbocycles. The lowest BCUT2D eigenvalue weighted by atomic mass is 9.48. The first-order chi connectivity index (χ1) is 13.9. The number of benzene rings is 1. The van der Waals surface area contributed by atoms with Gasteiger partial charge in [0.2, 0.25) is 11.8 Å². The highest BCUT2D eigenvalue weighted by molar-refractivity contribution is 5.79. The Hall–Kier alpha value is -2.04. The summed E-state index contributed by atoms with van der Waals surface area (Å²) < 4.78 is 5.21. The molecule has 2 atom stereocenters. The van der Waals surface area contributed by atoms with Crippen LogP contribution in [-0.4, -0.2) is 25.0 Å². The summed E-state index contributed by atoms with van der Waals surface area (Å²) in [5.41, 5.74) is 1.20. The fourth-order valence-electron chi connectivity index (χ4n) is 6.68. The molecule has 29 heavy (non-hydrogen) atoms. The summed E-state index contributed by atoms with van der Waals surface area (Å²) in [7, 11) is 1.62. The minimum absolute atomic E-state index is 0.0165. The van der Waals surface area contributed by atoms with Crippen molar-refractivity contribution in [3.05, 3.63) is 29.8 Å². The van der Waals surface area contributed by atoms with Crippen molar-refractivity contribution in [2.75, 3.05) is 7.11 Å². The van der Waals surface area contributed by atoms with Gasteiger partial charge < -0.3 is 15.4 Å². The maximum atomic E-state index is 12.9. The molecule has 5 heteroatoms. The van der Waals surface area contributed by atoms with Crippen LogP contribution < -0.4 is 15.4 Å². The molecule has 0 heterocycles. The highest BCUT2D eigenvalue weighted by Crippen LogP contribution is 2.61. The highest BCUT2D eigenvalue weighted by Gasteiger charge is 2.53. The molecule has 4 aliphatic rings. The molecule has 158 valence electrons. The second-order valence-electron chi connectivity index (χ2n) is 9.80. The predicted molar refractivity (Wildman–Crippen MR) is 112 cm³/mol. The summed E-state index contributed by atoms with van der Waals surface area (Å²) >= 11 is 0. The second-order valence-corrected chi connectivity index (χ2v) is 9.80. The van der Waals surface area contributed by atoms with Crippen molar-refractivity contribution in [1.29, 1.82) is 0 Å². The zero-order valence-corrected chi connectivity index (χ0v) is 17.9. The number of carbonyl (C=O) groups excluding carboxylic acids is 2. The minimum Gasteiger partial charge on any atom is -0.497 e. The maximum Gasteiger partial charge on any atom is 0.222 e. The first-order valence-corrected chi connectivity index (χ1v) is 11.1. The van der Waals surface area contributed by atoms with Crippen molar-refractivity contribution in [1.82, 2.24) is 10.6 Å². The summed E-state index contributed by atoms with van der Waals surface area (Å²) in [6, 6.07) is 7.41. The van der Waals surface area contributed by atoms with E-state index in [2.05, 4.69) is 17.6 Å². The Labute approximate surface area is 174 Å². The Morgan fingerprint density at radius 2 is 1.59 bits per heavy atom. The van der Waals surface area contributed by atoms with E-state index in [1.807, 2.05) is 24.3 Å². The smallest absolute Gasteiger partial charge is 0.222 e. The Balaban J connectivity index is 1.41. The zero-order valence-electron chi connectivity index (χ0n) is 17.9. The van der Waals surface area contributed by atoms with Gasteiger partial charge in [-0.25, -0.2) is 0 Å². The number of ether oxygens (including phenoxy) is 1. The largest absolute Gasteiger partial charge is 0.497 e. The molecule has 4 aliphatic carbocycles. The summed E-state index contributed by atoms with van der Waals surface area (Å²) in [6.45, 7) is 3.69. The van der Waals surface area contributed by atoms with E-state index in [9.17, 15) is 9.59 Å². The number of amides is 2. The van der Waals surface area contributed by atoms with Gasteiger partial charge in [0.25, 0.3) is 0 Å². The molecule has 1 aromatic rings. The normalized spacial score (nSPS) is 31.8. The average molecular weight is 399 g/mol. The van der Waals surface area contributed by atoms with Crippen LogP contribution in [0.4, 0.5) is 0 Å². The third-order valence-electron chi connectivity index (χ3n) is 7.67. The number of rotatable bonds is 7. The van der Waals surface area contributed by atoms with Gasteiger partial charge in [-0.05, 0) is 86.3 Å². The van der Waals surface area contributed by atoms with E-state index in [4.69, 9.17) is 4.74 Å². The second kappa shape index (κ2) is 8.00. The number of nitrogens with one attached hydrogen (secondary N) is 2. The van der Waals surface area contributed by atoms with Gasteiger partial charge in [0, 0.05) is 13.0 Å². The molecule has 2 N–H and O–H groups in total. The van der Waals surface area contributed by atoms with Gasteiger partial charge in [-0.15, -0.1) is 0 Å². The van der Waals surface area contributed by atoms with Crippen molar-refractivity contribution < 1.29 is 14.3 Å². The number of hydrogen-bond donors (Lipinski definition) is 2. The lowest BCUT2D eigenvalue weighted by molar-refractivity contribution is -0.126. The van der Waals surface area contributed by atoms with Crippen LogP contribution in [0.3, 0.4) is 0 Å². The lowest BCUT2D eigenvalue weighted by Gasteiger charge is -2.59. The van der Waals surface area contributed by atoms with E-state index < -0.39 is 0 Å². The van der Waals surface area contributed by atoms with E-state index in [1.165, 1.54) is 45.4 Å². The average Bonchev–Trinajstić information content (AvgIpc) is 2.66. The van der Waals surface area contributed by atoms with Gasteiger partial charge in [0.15, 0.2) is 0 Å². The number of methoxy groups -OCH3 is 1. The maximum absolute atomic E-state index is 12.9. The molecule has 4 bridgehead atoms. The molecular formula is C24H34N2O3. The van der Waals surface area contributed by atoms with Crippen molar-refractivity contribution in [3.63, 3.8) is 0 Å². The van der Waals surface area contributed by atoms with Crippen LogP contribution in [0.15, 0.2) is 24.3 Å². The molecule has 0 aliphatic heterocycles.